The minimum absolute atomic E-state index is 0.114. The maximum atomic E-state index is 13.9. The van der Waals surface area contributed by atoms with Gasteiger partial charge in [-0.1, -0.05) is 22.0 Å². The van der Waals surface area contributed by atoms with E-state index in [1.54, 1.807) is 54.4 Å². The molecule has 0 radical (unpaired) electrons. The number of carbonyl (C=O) groups is 2. The van der Waals surface area contributed by atoms with Gasteiger partial charge in [0.05, 0.1) is 11.4 Å². The molecule has 0 fully saturated rings. The molecule has 0 unspecified atom stereocenters. The lowest BCUT2D eigenvalue weighted by Gasteiger charge is -2.17. The fourth-order valence-electron chi connectivity index (χ4n) is 2.69. The number of carbonyl (C=O) groups excluding carboxylic acids is 2. The molecule has 0 aliphatic rings. The second-order valence-corrected chi connectivity index (χ2v) is 8.33. The summed E-state index contributed by atoms with van der Waals surface area (Å²) in [6.45, 7) is 0.426. The minimum atomic E-state index is -0.305. The smallest absolute Gasteiger partial charge is 0.265 e. The Labute approximate surface area is 180 Å². The van der Waals surface area contributed by atoms with Crippen LogP contribution in [0.25, 0.3) is 0 Å². The van der Waals surface area contributed by atoms with E-state index < -0.39 is 0 Å². The second-order valence-electron chi connectivity index (χ2n) is 6.46. The van der Waals surface area contributed by atoms with Crippen LogP contribution >= 0.6 is 27.3 Å². The number of halogens is 2. The van der Waals surface area contributed by atoms with Crippen LogP contribution in [0, 0.1) is 5.82 Å². The highest BCUT2D eigenvalue weighted by Crippen LogP contribution is 2.18. The molecule has 29 heavy (non-hydrogen) atoms. The molecule has 0 aliphatic heterocycles. The first-order valence-electron chi connectivity index (χ1n) is 8.78. The summed E-state index contributed by atoms with van der Waals surface area (Å²) in [6, 6.07) is 15.2. The summed E-state index contributed by atoms with van der Waals surface area (Å²) >= 11 is 4.69. The van der Waals surface area contributed by atoms with Gasteiger partial charge in [-0.2, -0.15) is 0 Å². The van der Waals surface area contributed by atoms with E-state index in [-0.39, 0.29) is 24.2 Å². The van der Waals surface area contributed by atoms with Crippen LogP contribution in [-0.4, -0.2) is 30.3 Å². The van der Waals surface area contributed by atoms with Gasteiger partial charge in [0, 0.05) is 28.0 Å². The Morgan fingerprint density at radius 2 is 1.76 bits per heavy atom. The van der Waals surface area contributed by atoms with Crippen LogP contribution in [0.3, 0.4) is 0 Å². The monoisotopic (exact) mass is 475 g/mol. The van der Waals surface area contributed by atoms with E-state index in [0.29, 0.717) is 28.4 Å². The van der Waals surface area contributed by atoms with Crippen LogP contribution in [0.5, 0.6) is 0 Å². The third-order valence-electron chi connectivity index (χ3n) is 4.03. The molecule has 0 spiro atoms. The average molecular weight is 476 g/mol. The summed E-state index contributed by atoms with van der Waals surface area (Å²) in [4.78, 5) is 26.7. The van der Waals surface area contributed by atoms with E-state index in [4.69, 9.17) is 0 Å². The largest absolute Gasteiger partial charge is 0.325 e. The van der Waals surface area contributed by atoms with Gasteiger partial charge in [-0.3, -0.25) is 14.5 Å². The van der Waals surface area contributed by atoms with Crippen molar-refractivity contribution in [2.45, 2.75) is 6.54 Å². The zero-order valence-corrected chi connectivity index (χ0v) is 18.0. The molecule has 1 aromatic heterocycles. The lowest BCUT2D eigenvalue weighted by Crippen LogP contribution is -2.30. The van der Waals surface area contributed by atoms with Crippen molar-refractivity contribution in [1.29, 1.82) is 0 Å². The quantitative estimate of drug-likeness (QED) is 0.506. The first kappa shape index (κ1) is 21.2. The van der Waals surface area contributed by atoms with Gasteiger partial charge in [0.2, 0.25) is 5.91 Å². The predicted octanol–water partition coefficient (Wildman–Crippen LogP) is 4.97. The van der Waals surface area contributed by atoms with Crippen molar-refractivity contribution >= 4 is 50.5 Å². The van der Waals surface area contributed by atoms with Crippen LogP contribution in [0.1, 0.15) is 15.2 Å². The van der Waals surface area contributed by atoms with Crippen molar-refractivity contribution in [2.75, 3.05) is 24.2 Å². The molecule has 2 amide bonds. The van der Waals surface area contributed by atoms with Gasteiger partial charge in [0.25, 0.3) is 5.91 Å². The van der Waals surface area contributed by atoms with E-state index in [2.05, 4.69) is 26.6 Å². The highest BCUT2D eigenvalue weighted by atomic mass is 79.9. The van der Waals surface area contributed by atoms with E-state index in [1.807, 2.05) is 11.4 Å². The van der Waals surface area contributed by atoms with Gasteiger partial charge in [-0.15, -0.1) is 11.3 Å². The SMILES string of the molecule is CN(CC(=O)Nc1ccc(NC(=O)c2cccs2)cc1)Cc1cc(Br)ccc1F. The first-order valence-corrected chi connectivity index (χ1v) is 10.5. The molecule has 2 aromatic carbocycles. The Bertz CT molecular complexity index is 994. The van der Waals surface area contributed by atoms with Crippen LogP contribution in [-0.2, 0) is 11.3 Å². The number of thiophene rings is 1. The molecule has 0 aliphatic carbocycles. The average Bonchev–Trinajstić information content (AvgIpc) is 3.21. The Morgan fingerprint density at radius 1 is 1.07 bits per heavy atom. The lowest BCUT2D eigenvalue weighted by atomic mass is 10.2. The number of nitrogens with zero attached hydrogens (tertiary/aromatic N) is 1. The van der Waals surface area contributed by atoms with Crippen LogP contribution < -0.4 is 10.6 Å². The Kier molecular flexibility index (Phi) is 7.13. The maximum absolute atomic E-state index is 13.9. The van der Waals surface area contributed by atoms with Crippen molar-refractivity contribution in [3.63, 3.8) is 0 Å². The molecule has 8 heteroatoms. The number of anilines is 2. The normalized spacial score (nSPS) is 10.8. The molecule has 150 valence electrons. The van der Waals surface area contributed by atoms with Crippen molar-refractivity contribution in [2.24, 2.45) is 0 Å². The summed E-state index contributed by atoms with van der Waals surface area (Å²) in [5.41, 5.74) is 1.77. The summed E-state index contributed by atoms with van der Waals surface area (Å²) in [7, 11) is 1.75. The highest BCUT2D eigenvalue weighted by molar-refractivity contribution is 9.10. The molecule has 0 bridgehead atoms. The molecule has 0 atom stereocenters. The van der Waals surface area contributed by atoms with Crippen molar-refractivity contribution < 1.29 is 14.0 Å². The number of hydrogen-bond acceptors (Lipinski definition) is 4. The zero-order valence-electron chi connectivity index (χ0n) is 15.6. The topological polar surface area (TPSA) is 61.4 Å². The zero-order chi connectivity index (χ0) is 20.8. The van der Waals surface area contributed by atoms with Gasteiger partial charge in [-0.25, -0.2) is 4.39 Å². The summed E-state index contributed by atoms with van der Waals surface area (Å²) < 4.78 is 14.6. The Balaban J connectivity index is 1.51. The van der Waals surface area contributed by atoms with Crippen molar-refractivity contribution in [3.05, 3.63) is 80.7 Å². The number of amides is 2. The highest BCUT2D eigenvalue weighted by Gasteiger charge is 2.11. The summed E-state index contributed by atoms with van der Waals surface area (Å²) in [5.74, 6) is -0.683. The molecule has 3 rings (SSSR count). The minimum Gasteiger partial charge on any atom is -0.325 e. The fraction of sp³-hybridized carbons (Fsp3) is 0.143. The number of nitrogens with one attached hydrogen (secondary N) is 2. The molecular weight excluding hydrogens is 457 g/mol. The molecular formula is C21H19BrFN3O2S. The van der Waals surface area contributed by atoms with E-state index >= 15 is 0 Å². The lowest BCUT2D eigenvalue weighted by molar-refractivity contribution is -0.117. The first-order chi connectivity index (χ1) is 13.9. The van der Waals surface area contributed by atoms with Crippen LogP contribution in [0.2, 0.25) is 0 Å². The van der Waals surface area contributed by atoms with Crippen LogP contribution in [0.15, 0.2) is 64.5 Å². The number of likely N-dealkylation sites (N-methyl/N-ethyl adjacent to an activating group) is 1. The maximum Gasteiger partial charge on any atom is 0.265 e. The standard InChI is InChI=1S/C21H19BrFN3O2S/c1-26(12-14-11-15(22)4-9-18(14)23)13-20(27)24-16-5-7-17(8-6-16)25-21(28)19-3-2-10-29-19/h2-11H,12-13H2,1H3,(H,24,27)(H,25,28). The third-order valence-corrected chi connectivity index (χ3v) is 5.39. The summed E-state index contributed by atoms with van der Waals surface area (Å²) in [5, 5.41) is 7.45. The van der Waals surface area contributed by atoms with E-state index in [1.165, 1.54) is 17.4 Å². The van der Waals surface area contributed by atoms with Gasteiger partial charge in [0.15, 0.2) is 0 Å². The van der Waals surface area contributed by atoms with Gasteiger partial charge < -0.3 is 10.6 Å². The van der Waals surface area contributed by atoms with Crippen molar-refractivity contribution in [1.82, 2.24) is 4.90 Å². The van der Waals surface area contributed by atoms with E-state index in [9.17, 15) is 14.0 Å². The molecule has 0 saturated carbocycles. The number of hydrogen-bond donors (Lipinski definition) is 2. The van der Waals surface area contributed by atoms with Gasteiger partial charge in [-0.05, 0) is 61.0 Å². The number of benzene rings is 2. The summed E-state index contributed by atoms with van der Waals surface area (Å²) in [6.07, 6.45) is 0. The molecule has 3 aromatic rings. The fourth-order valence-corrected chi connectivity index (χ4v) is 3.72. The van der Waals surface area contributed by atoms with Gasteiger partial charge in [0.1, 0.15) is 5.82 Å². The molecule has 0 saturated heterocycles. The Morgan fingerprint density at radius 3 is 2.41 bits per heavy atom. The van der Waals surface area contributed by atoms with Gasteiger partial charge >= 0.3 is 0 Å². The van der Waals surface area contributed by atoms with Crippen LogP contribution in [0.4, 0.5) is 15.8 Å². The predicted molar refractivity (Wildman–Crippen MR) is 118 cm³/mol. The second kappa shape index (κ2) is 9.78. The van der Waals surface area contributed by atoms with E-state index in [0.717, 1.165) is 4.47 Å². The number of rotatable bonds is 7. The van der Waals surface area contributed by atoms with Crippen molar-refractivity contribution in [3.8, 4) is 0 Å². The molecule has 1 heterocycles. The molecule has 2 N–H and O–H groups in total. The molecule has 5 nitrogen and oxygen atoms in total. The Hall–Kier alpha value is -2.55. The third kappa shape index (κ3) is 6.22.